The Balaban J connectivity index is 1.23. The number of aromatic amines is 1. The molecule has 1 saturated carbocycles. The Morgan fingerprint density at radius 1 is 1.25 bits per heavy atom. The third kappa shape index (κ3) is 5.58. The number of rotatable bonds is 5. The minimum Gasteiger partial charge on any atom is -0.446 e. The lowest BCUT2D eigenvalue weighted by molar-refractivity contribution is 0.0558. The number of hydrogen-bond acceptors (Lipinski definition) is 6. The molecule has 0 spiro atoms. The van der Waals surface area contributed by atoms with Gasteiger partial charge in [0.05, 0.1) is 12.0 Å². The van der Waals surface area contributed by atoms with Crippen molar-refractivity contribution in [1.29, 1.82) is 5.26 Å². The number of likely N-dealkylation sites (tertiary alicyclic amines) is 1. The Bertz CT molecular complexity index is 970. The van der Waals surface area contributed by atoms with Crippen LogP contribution in [0.1, 0.15) is 49.3 Å². The molecule has 168 valence electrons. The fourth-order valence-corrected chi connectivity index (χ4v) is 4.27. The maximum atomic E-state index is 12.5. The molecule has 1 aliphatic heterocycles. The monoisotopic (exact) mass is 437 g/mol. The first kappa shape index (κ1) is 21.7. The van der Waals surface area contributed by atoms with Crippen LogP contribution >= 0.6 is 0 Å². The van der Waals surface area contributed by atoms with Crippen molar-refractivity contribution in [2.75, 3.05) is 18.4 Å². The standard InChI is InChI=1S/C23H27N5O4/c24-13-17-7-4-10-28(14-17)23(30)32-19-9-8-18(11-19)20-12-21(27-26-20)25-22(29)31-15-16-5-2-1-3-6-16/h1-3,5-6,12,17-19H,4,7-11,14-15H2,(H2,25,26,27,29)/t17-,18+,19-/m1/s1. The summed E-state index contributed by atoms with van der Waals surface area (Å²) in [5.74, 6) is 0.460. The second-order valence-corrected chi connectivity index (χ2v) is 8.33. The van der Waals surface area contributed by atoms with Gasteiger partial charge in [0.1, 0.15) is 12.7 Å². The molecule has 9 heteroatoms. The topological polar surface area (TPSA) is 120 Å². The van der Waals surface area contributed by atoms with Gasteiger partial charge in [0.2, 0.25) is 0 Å². The molecule has 0 radical (unpaired) electrons. The molecule has 2 aliphatic rings. The van der Waals surface area contributed by atoms with Crippen molar-refractivity contribution in [1.82, 2.24) is 15.1 Å². The summed E-state index contributed by atoms with van der Waals surface area (Å²) in [6, 6.07) is 13.5. The van der Waals surface area contributed by atoms with Gasteiger partial charge in [-0.2, -0.15) is 10.4 Å². The number of nitriles is 1. The summed E-state index contributed by atoms with van der Waals surface area (Å²) >= 11 is 0. The molecule has 1 aliphatic carbocycles. The molecule has 1 aromatic carbocycles. The maximum Gasteiger partial charge on any atom is 0.413 e. The number of carbonyl (C=O) groups is 2. The fourth-order valence-electron chi connectivity index (χ4n) is 4.27. The molecule has 2 fully saturated rings. The number of carbonyl (C=O) groups excluding carboxylic acids is 2. The van der Waals surface area contributed by atoms with Crippen LogP contribution in [0.4, 0.5) is 15.4 Å². The quantitative estimate of drug-likeness (QED) is 0.724. The summed E-state index contributed by atoms with van der Waals surface area (Å²) in [4.78, 5) is 26.1. The third-order valence-electron chi connectivity index (χ3n) is 5.99. The van der Waals surface area contributed by atoms with Gasteiger partial charge in [0.15, 0.2) is 5.82 Å². The molecule has 1 aromatic heterocycles. The van der Waals surface area contributed by atoms with E-state index in [0.29, 0.717) is 25.3 Å². The number of aromatic nitrogens is 2. The minimum atomic E-state index is -0.567. The fraction of sp³-hybridized carbons (Fsp3) is 0.478. The van der Waals surface area contributed by atoms with Crippen molar-refractivity contribution in [3.63, 3.8) is 0 Å². The van der Waals surface area contributed by atoms with Crippen LogP contribution < -0.4 is 5.32 Å². The zero-order valence-electron chi connectivity index (χ0n) is 17.8. The van der Waals surface area contributed by atoms with Gasteiger partial charge in [-0.1, -0.05) is 30.3 Å². The third-order valence-corrected chi connectivity index (χ3v) is 5.99. The molecule has 1 saturated heterocycles. The van der Waals surface area contributed by atoms with Gasteiger partial charge in [0.25, 0.3) is 0 Å². The highest BCUT2D eigenvalue weighted by atomic mass is 16.6. The van der Waals surface area contributed by atoms with Crippen LogP contribution in [0.5, 0.6) is 0 Å². The van der Waals surface area contributed by atoms with E-state index in [1.807, 2.05) is 30.3 Å². The second kappa shape index (κ2) is 10.2. The van der Waals surface area contributed by atoms with E-state index in [1.54, 1.807) is 11.0 Å². The smallest absolute Gasteiger partial charge is 0.413 e. The van der Waals surface area contributed by atoms with Gasteiger partial charge in [-0.15, -0.1) is 0 Å². The van der Waals surface area contributed by atoms with Crippen molar-refractivity contribution in [2.45, 2.75) is 50.7 Å². The first-order valence-electron chi connectivity index (χ1n) is 11.0. The largest absolute Gasteiger partial charge is 0.446 e. The van der Waals surface area contributed by atoms with Crippen LogP contribution in [0.2, 0.25) is 0 Å². The predicted octanol–water partition coefficient (Wildman–Crippen LogP) is 4.17. The molecule has 32 heavy (non-hydrogen) atoms. The van der Waals surface area contributed by atoms with Gasteiger partial charge >= 0.3 is 12.2 Å². The number of nitrogens with zero attached hydrogens (tertiary/aromatic N) is 3. The van der Waals surface area contributed by atoms with Gasteiger partial charge < -0.3 is 14.4 Å². The summed E-state index contributed by atoms with van der Waals surface area (Å²) in [5.41, 5.74) is 1.80. The number of ether oxygens (including phenoxy) is 2. The van der Waals surface area contributed by atoms with E-state index in [0.717, 1.165) is 36.9 Å². The average Bonchev–Trinajstić information content (AvgIpc) is 3.48. The van der Waals surface area contributed by atoms with Crippen LogP contribution in [0.25, 0.3) is 0 Å². The summed E-state index contributed by atoms with van der Waals surface area (Å²) in [6.45, 7) is 1.27. The number of piperidine rings is 1. The highest BCUT2D eigenvalue weighted by Crippen LogP contribution is 2.36. The normalized spacial score (nSPS) is 22.7. The Morgan fingerprint density at radius 2 is 2.09 bits per heavy atom. The van der Waals surface area contributed by atoms with E-state index in [2.05, 4.69) is 21.6 Å². The summed E-state index contributed by atoms with van der Waals surface area (Å²) < 4.78 is 10.9. The van der Waals surface area contributed by atoms with Gasteiger partial charge in [0, 0.05) is 30.8 Å². The van der Waals surface area contributed by atoms with Gasteiger partial charge in [-0.05, 0) is 37.7 Å². The van der Waals surface area contributed by atoms with Crippen LogP contribution in [-0.4, -0.2) is 46.5 Å². The Hall–Kier alpha value is -3.54. The van der Waals surface area contributed by atoms with E-state index < -0.39 is 6.09 Å². The Kier molecular flexibility index (Phi) is 6.90. The lowest BCUT2D eigenvalue weighted by atomic mass is 10.0. The molecule has 2 N–H and O–H groups in total. The molecule has 2 amide bonds. The number of H-pyrrole nitrogens is 1. The number of anilines is 1. The molecule has 9 nitrogen and oxygen atoms in total. The lowest BCUT2D eigenvalue weighted by Gasteiger charge is -2.29. The number of nitrogens with one attached hydrogen (secondary N) is 2. The van der Waals surface area contributed by atoms with Crippen molar-refractivity contribution in [2.24, 2.45) is 5.92 Å². The SMILES string of the molecule is N#C[C@H]1CCCN(C(=O)O[C@@H]2CC[C@H](c3cc(NC(=O)OCc4ccccc4)n[nH]3)C2)C1. The van der Waals surface area contributed by atoms with Crippen molar-refractivity contribution >= 4 is 18.0 Å². The summed E-state index contributed by atoms with van der Waals surface area (Å²) in [5, 5.41) is 18.9. The Morgan fingerprint density at radius 3 is 2.91 bits per heavy atom. The van der Waals surface area contributed by atoms with Crippen LogP contribution in [0, 0.1) is 17.2 Å². The zero-order chi connectivity index (χ0) is 22.3. The second-order valence-electron chi connectivity index (χ2n) is 8.33. The molecular weight excluding hydrogens is 410 g/mol. The van der Waals surface area contributed by atoms with Crippen molar-refractivity contribution in [3.8, 4) is 6.07 Å². The number of hydrogen-bond donors (Lipinski definition) is 2. The molecule has 3 atom stereocenters. The lowest BCUT2D eigenvalue weighted by Crippen LogP contribution is -2.41. The minimum absolute atomic E-state index is 0.108. The first-order chi connectivity index (χ1) is 15.6. The summed E-state index contributed by atoms with van der Waals surface area (Å²) in [7, 11) is 0. The number of benzene rings is 1. The van der Waals surface area contributed by atoms with Gasteiger partial charge in [-0.3, -0.25) is 10.4 Å². The number of amides is 2. The van der Waals surface area contributed by atoms with Gasteiger partial charge in [-0.25, -0.2) is 9.59 Å². The highest BCUT2D eigenvalue weighted by Gasteiger charge is 2.32. The maximum absolute atomic E-state index is 12.5. The average molecular weight is 438 g/mol. The van der Waals surface area contributed by atoms with Crippen LogP contribution in [-0.2, 0) is 16.1 Å². The molecular formula is C23H27N5O4. The molecule has 0 unspecified atom stereocenters. The Labute approximate surface area is 186 Å². The molecule has 4 rings (SSSR count). The highest BCUT2D eigenvalue weighted by molar-refractivity contribution is 5.83. The first-order valence-corrected chi connectivity index (χ1v) is 11.0. The molecule has 2 aromatic rings. The molecule has 0 bridgehead atoms. The summed E-state index contributed by atoms with van der Waals surface area (Å²) in [6.07, 6.45) is 2.93. The van der Waals surface area contributed by atoms with E-state index >= 15 is 0 Å². The molecule has 2 heterocycles. The van der Waals surface area contributed by atoms with E-state index in [4.69, 9.17) is 14.7 Å². The van der Waals surface area contributed by atoms with E-state index in [9.17, 15) is 9.59 Å². The predicted molar refractivity (Wildman–Crippen MR) is 116 cm³/mol. The van der Waals surface area contributed by atoms with Crippen LogP contribution in [0.15, 0.2) is 36.4 Å². The van der Waals surface area contributed by atoms with Crippen molar-refractivity contribution < 1.29 is 19.1 Å². The zero-order valence-corrected chi connectivity index (χ0v) is 17.8. The van der Waals surface area contributed by atoms with E-state index in [1.165, 1.54) is 0 Å². The van der Waals surface area contributed by atoms with Crippen LogP contribution in [0.3, 0.4) is 0 Å². The van der Waals surface area contributed by atoms with Crippen molar-refractivity contribution in [3.05, 3.63) is 47.7 Å². The van der Waals surface area contributed by atoms with E-state index in [-0.39, 0.29) is 30.6 Å².